The highest BCUT2D eigenvalue weighted by atomic mass is 35.5. The number of carbonyl (C=O) groups is 1. The Kier molecular flexibility index (Phi) is 6.98. The van der Waals surface area contributed by atoms with Crippen LogP contribution in [-0.2, 0) is 11.8 Å². The average Bonchev–Trinajstić information content (AvgIpc) is 3.53. The number of rotatable bonds is 7. The Balaban J connectivity index is 1.64. The second-order valence-electron chi connectivity index (χ2n) is 9.02. The Bertz CT molecular complexity index is 1360. The Morgan fingerprint density at radius 2 is 1.83 bits per heavy atom. The van der Waals surface area contributed by atoms with Crippen LogP contribution >= 0.6 is 11.6 Å². The molecule has 0 aliphatic rings. The molecule has 182 valence electrons. The second-order valence-corrected chi connectivity index (χ2v) is 9.46. The molecule has 7 nitrogen and oxygen atoms in total. The van der Waals surface area contributed by atoms with Crippen molar-refractivity contribution in [2.75, 3.05) is 7.05 Å². The number of nitrogens with zero attached hydrogens (tertiary/aromatic N) is 6. The first kappa shape index (κ1) is 24.5. The third-order valence-corrected chi connectivity index (χ3v) is 6.52. The number of hydrogen-bond acceptors (Lipinski definition) is 3. The molecule has 0 bridgehead atoms. The van der Waals surface area contributed by atoms with Gasteiger partial charge in [0.2, 0.25) is 5.91 Å². The molecule has 0 N–H and O–H groups in total. The molecule has 0 aliphatic carbocycles. The van der Waals surface area contributed by atoms with E-state index in [2.05, 4.69) is 48.4 Å². The van der Waals surface area contributed by atoms with E-state index in [0.29, 0.717) is 5.02 Å². The lowest BCUT2D eigenvalue weighted by Crippen LogP contribution is -2.32. The highest BCUT2D eigenvalue weighted by Crippen LogP contribution is 2.28. The molecule has 4 aromatic rings. The van der Waals surface area contributed by atoms with Crippen molar-refractivity contribution in [1.29, 1.82) is 0 Å². The van der Waals surface area contributed by atoms with Gasteiger partial charge in [0.15, 0.2) is 0 Å². The van der Waals surface area contributed by atoms with Gasteiger partial charge in [-0.3, -0.25) is 4.79 Å². The summed E-state index contributed by atoms with van der Waals surface area (Å²) >= 11 is 6.11. The van der Waals surface area contributed by atoms with Crippen LogP contribution in [0, 0.1) is 13.8 Å². The fraction of sp³-hybridized carbons (Fsp3) is 0.296. The third-order valence-electron chi connectivity index (χ3n) is 6.27. The number of amides is 1. The van der Waals surface area contributed by atoms with Gasteiger partial charge in [-0.2, -0.15) is 5.10 Å². The van der Waals surface area contributed by atoms with Crippen molar-refractivity contribution < 1.29 is 4.79 Å². The number of benzene rings is 1. The number of carbonyl (C=O) groups excluding carboxylic acids is 1. The van der Waals surface area contributed by atoms with E-state index in [-0.39, 0.29) is 18.0 Å². The van der Waals surface area contributed by atoms with E-state index in [4.69, 9.17) is 11.6 Å². The molecule has 0 aliphatic heterocycles. The van der Waals surface area contributed by atoms with E-state index in [1.54, 1.807) is 24.2 Å². The van der Waals surface area contributed by atoms with Crippen LogP contribution in [0.3, 0.4) is 0 Å². The fourth-order valence-electron chi connectivity index (χ4n) is 4.43. The van der Waals surface area contributed by atoms with E-state index in [1.165, 1.54) is 0 Å². The second kappa shape index (κ2) is 9.96. The maximum atomic E-state index is 13.3. The fourth-order valence-corrected chi connectivity index (χ4v) is 4.55. The minimum Gasteiger partial charge on any atom is -0.336 e. The quantitative estimate of drug-likeness (QED) is 0.320. The monoisotopic (exact) mass is 490 g/mol. The van der Waals surface area contributed by atoms with Crippen LogP contribution in [0.1, 0.15) is 54.3 Å². The van der Waals surface area contributed by atoms with Crippen LogP contribution in [0.2, 0.25) is 5.02 Å². The first-order valence-corrected chi connectivity index (χ1v) is 12.0. The first-order chi connectivity index (χ1) is 16.7. The Morgan fingerprint density at radius 1 is 1.11 bits per heavy atom. The van der Waals surface area contributed by atoms with Gasteiger partial charge in [0, 0.05) is 61.1 Å². The summed E-state index contributed by atoms with van der Waals surface area (Å²) in [5.74, 6) is 1.66. The minimum atomic E-state index is -0.350. The Hall–Kier alpha value is -3.58. The van der Waals surface area contributed by atoms with Crippen LogP contribution in [0.5, 0.6) is 0 Å². The van der Waals surface area contributed by atoms with Gasteiger partial charge in [-0.05, 0) is 63.1 Å². The molecule has 0 saturated carbocycles. The third kappa shape index (κ3) is 4.82. The van der Waals surface area contributed by atoms with Crippen molar-refractivity contribution in [3.05, 3.63) is 94.4 Å². The summed E-state index contributed by atoms with van der Waals surface area (Å²) in [4.78, 5) is 19.6. The summed E-state index contributed by atoms with van der Waals surface area (Å²) < 4.78 is 6.10. The minimum absolute atomic E-state index is 0.120. The Morgan fingerprint density at radius 3 is 2.46 bits per heavy atom. The van der Waals surface area contributed by atoms with Crippen LogP contribution in [0.25, 0.3) is 11.9 Å². The predicted molar refractivity (Wildman–Crippen MR) is 140 cm³/mol. The van der Waals surface area contributed by atoms with Gasteiger partial charge in [-0.15, -0.1) is 0 Å². The van der Waals surface area contributed by atoms with Crippen LogP contribution < -0.4 is 0 Å². The molecule has 1 atom stereocenters. The molecule has 3 aromatic heterocycles. The highest BCUT2D eigenvalue weighted by molar-refractivity contribution is 6.30. The van der Waals surface area contributed by atoms with Crippen molar-refractivity contribution >= 4 is 23.6 Å². The van der Waals surface area contributed by atoms with Crippen LogP contribution in [0.15, 0.2) is 61.1 Å². The Labute approximate surface area is 211 Å². The molecule has 0 fully saturated rings. The average molecular weight is 491 g/mol. The van der Waals surface area contributed by atoms with Gasteiger partial charge in [0.25, 0.3) is 0 Å². The largest absolute Gasteiger partial charge is 0.336 e. The van der Waals surface area contributed by atoms with Gasteiger partial charge < -0.3 is 14.0 Å². The predicted octanol–water partition coefficient (Wildman–Crippen LogP) is 5.52. The number of imidazole rings is 1. The zero-order valence-electron chi connectivity index (χ0n) is 21.0. The molecule has 1 aromatic carbocycles. The molecule has 0 spiro atoms. The number of aromatic nitrogens is 5. The van der Waals surface area contributed by atoms with Crippen molar-refractivity contribution in [2.45, 2.75) is 39.8 Å². The summed E-state index contributed by atoms with van der Waals surface area (Å²) in [6.45, 7) is 8.34. The van der Waals surface area contributed by atoms with Gasteiger partial charge >= 0.3 is 0 Å². The number of aryl methyl sites for hydroxylation is 2. The topological polar surface area (TPSA) is 60.9 Å². The highest BCUT2D eigenvalue weighted by Gasteiger charge is 2.26. The van der Waals surface area contributed by atoms with E-state index in [0.717, 1.165) is 34.2 Å². The van der Waals surface area contributed by atoms with Gasteiger partial charge in [0.1, 0.15) is 17.7 Å². The van der Waals surface area contributed by atoms with E-state index >= 15 is 0 Å². The first-order valence-electron chi connectivity index (χ1n) is 11.6. The zero-order chi connectivity index (χ0) is 25.3. The van der Waals surface area contributed by atoms with E-state index < -0.39 is 0 Å². The maximum absolute atomic E-state index is 13.3. The molecule has 0 saturated heterocycles. The lowest BCUT2D eigenvalue weighted by atomic mass is 10.0. The summed E-state index contributed by atoms with van der Waals surface area (Å²) in [5, 5.41) is 5.12. The standard InChI is InChI=1S/C27H31ClN6O/c1-18(2)34-24(13-14-30-34)33-19(3)17-22(20(33)4)9-12-25(35)32(6)26(27-29-15-16-31(27)5)21-7-10-23(28)11-8-21/h7-18,26H,1-6H3. The summed E-state index contributed by atoms with van der Waals surface area (Å²) in [6.07, 6.45) is 8.94. The number of hydrogen-bond donors (Lipinski definition) is 0. The molecule has 3 heterocycles. The lowest BCUT2D eigenvalue weighted by Gasteiger charge is -2.27. The summed E-state index contributed by atoms with van der Waals surface area (Å²) in [5.41, 5.74) is 4.06. The molecule has 35 heavy (non-hydrogen) atoms. The maximum Gasteiger partial charge on any atom is 0.247 e. The molecular weight excluding hydrogens is 460 g/mol. The number of halogens is 1. The molecule has 4 rings (SSSR count). The van der Waals surface area contributed by atoms with Crippen molar-refractivity contribution in [2.24, 2.45) is 7.05 Å². The van der Waals surface area contributed by atoms with Crippen LogP contribution in [0.4, 0.5) is 0 Å². The van der Waals surface area contributed by atoms with Crippen molar-refractivity contribution in [1.82, 2.24) is 28.8 Å². The van der Waals surface area contributed by atoms with Crippen molar-refractivity contribution in [3.63, 3.8) is 0 Å². The van der Waals surface area contributed by atoms with Crippen LogP contribution in [-0.4, -0.2) is 41.8 Å². The summed E-state index contributed by atoms with van der Waals surface area (Å²) in [7, 11) is 3.72. The molecule has 0 radical (unpaired) electrons. The van der Waals surface area contributed by atoms with Gasteiger partial charge in [-0.25, -0.2) is 9.67 Å². The molecule has 1 unspecified atom stereocenters. The van der Waals surface area contributed by atoms with E-state index in [9.17, 15) is 4.79 Å². The zero-order valence-corrected chi connectivity index (χ0v) is 21.7. The number of likely N-dealkylation sites (N-methyl/N-ethyl adjacent to an activating group) is 1. The smallest absolute Gasteiger partial charge is 0.247 e. The van der Waals surface area contributed by atoms with Crippen molar-refractivity contribution in [3.8, 4) is 5.82 Å². The molecule has 1 amide bonds. The molecular formula is C27H31ClN6O. The SMILES string of the molecule is Cc1cc(C=CC(=O)N(C)C(c2ccc(Cl)cc2)c2nccn2C)c(C)n1-c1ccnn1C(C)C. The normalized spacial score (nSPS) is 12.6. The lowest BCUT2D eigenvalue weighted by molar-refractivity contribution is -0.126. The van der Waals surface area contributed by atoms with Gasteiger partial charge in [0.05, 0.1) is 6.20 Å². The van der Waals surface area contributed by atoms with E-state index in [1.807, 2.05) is 65.1 Å². The molecule has 8 heteroatoms. The summed E-state index contributed by atoms with van der Waals surface area (Å²) in [6, 6.07) is 11.5. The van der Waals surface area contributed by atoms with Gasteiger partial charge in [-0.1, -0.05) is 23.7 Å².